The molecule has 0 spiro atoms. The van der Waals surface area contributed by atoms with Crippen molar-refractivity contribution in [2.45, 2.75) is 26.8 Å². The summed E-state index contributed by atoms with van der Waals surface area (Å²) in [6.07, 6.45) is 0. The van der Waals surface area contributed by atoms with Crippen molar-refractivity contribution in [2.75, 3.05) is 5.32 Å². The number of anilines is 1. The van der Waals surface area contributed by atoms with Crippen molar-refractivity contribution < 1.29 is 13.2 Å². The van der Waals surface area contributed by atoms with E-state index < -0.39 is 11.6 Å². The van der Waals surface area contributed by atoms with Crippen LogP contribution in [-0.4, -0.2) is 0 Å². The van der Waals surface area contributed by atoms with Gasteiger partial charge in [0.1, 0.15) is 23.2 Å². The second kappa shape index (κ2) is 4.80. The molecule has 18 heavy (non-hydrogen) atoms. The third kappa shape index (κ3) is 2.70. The first kappa shape index (κ1) is 12.6. The van der Waals surface area contributed by atoms with E-state index in [1.807, 2.05) is 26.8 Å². The SMILES string of the molecule is Cc1cc(C(C)Nc2cc(F)cc(F)c2)c(C)o1. The number of furan rings is 1. The molecule has 2 aromatic rings. The minimum Gasteiger partial charge on any atom is -0.466 e. The van der Waals surface area contributed by atoms with E-state index >= 15 is 0 Å². The molecule has 1 unspecified atom stereocenters. The average molecular weight is 251 g/mol. The van der Waals surface area contributed by atoms with Gasteiger partial charge in [-0.3, -0.25) is 0 Å². The summed E-state index contributed by atoms with van der Waals surface area (Å²) >= 11 is 0. The van der Waals surface area contributed by atoms with Crippen LogP contribution in [0.3, 0.4) is 0 Å². The van der Waals surface area contributed by atoms with Crippen LogP contribution in [0.25, 0.3) is 0 Å². The first-order chi connectivity index (χ1) is 8.45. The van der Waals surface area contributed by atoms with Crippen molar-refractivity contribution >= 4 is 5.69 Å². The lowest BCUT2D eigenvalue weighted by Crippen LogP contribution is -2.07. The van der Waals surface area contributed by atoms with Gasteiger partial charge in [0.25, 0.3) is 0 Å². The van der Waals surface area contributed by atoms with E-state index in [-0.39, 0.29) is 6.04 Å². The molecule has 1 N–H and O–H groups in total. The summed E-state index contributed by atoms with van der Waals surface area (Å²) in [6, 6.07) is 5.22. The molecule has 0 aliphatic carbocycles. The highest BCUT2D eigenvalue weighted by atomic mass is 19.1. The molecule has 0 saturated heterocycles. The topological polar surface area (TPSA) is 25.2 Å². The first-order valence-corrected chi connectivity index (χ1v) is 5.75. The highest BCUT2D eigenvalue weighted by molar-refractivity contribution is 5.46. The predicted octanol–water partition coefficient (Wildman–Crippen LogP) is 4.35. The molecule has 1 atom stereocenters. The zero-order valence-electron chi connectivity index (χ0n) is 10.6. The van der Waals surface area contributed by atoms with Crippen LogP contribution in [0.15, 0.2) is 28.7 Å². The van der Waals surface area contributed by atoms with Crippen LogP contribution >= 0.6 is 0 Å². The van der Waals surface area contributed by atoms with Gasteiger partial charge in [0, 0.05) is 17.3 Å². The van der Waals surface area contributed by atoms with Crippen LogP contribution in [-0.2, 0) is 0 Å². The van der Waals surface area contributed by atoms with E-state index in [1.54, 1.807) is 0 Å². The zero-order valence-corrected chi connectivity index (χ0v) is 10.6. The number of nitrogens with one attached hydrogen (secondary N) is 1. The number of benzene rings is 1. The second-order valence-electron chi connectivity index (χ2n) is 4.39. The third-order valence-electron chi connectivity index (χ3n) is 2.79. The van der Waals surface area contributed by atoms with Gasteiger partial charge in [-0.2, -0.15) is 0 Å². The second-order valence-corrected chi connectivity index (χ2v) is 4.39. The van der Waals surface area contributed by atoms with Gasteiger partial charge in [0.2, 0.25) is 0 Å². The smallest absolute Gasteiger partial charge is 0.128 e. The third-order valence-corrected chi connectivity index (χ3v) is 2.79. The van der Waals surface area contributed by atoms with Crippen LogP contribution in [0, 0.1) is 25.5 Å². The van der Waals surface area contributed by atoms with Gasteiger partial charge in [0.05, 0.1) is 6.04 Å². The molecule has 1 heterocycles. The Balaban J connectivity index is 2.20. The van der Waals surface area contributed by atoms with E-state index in [4.69, 9.17) is 4.42 Å². The lowest BCUT2D eigenvalue weighted by molar-refractivity contribution is 0.500. The van der Waals surface area contributed by atoms with Crippen molar-refractivity contribution in [3.8, 4) is 0 Å². The molecule has 0 aliphatic rings. The summed E-state index contributed by atoms with van der Waals surface area (Å²) in [5.74, 6) is 0.445. The quantitative estimate of drug-likeness (QED) is 0.877. The van der Waals surface area contributed by atoms with Crippen LogP contribution in [0.2, 0.25) is 0 Å². The molecular formula is C14H15F2NO. The maximum absolute atomic E-state index is 13.1. The monoisotopic (exact) mass is 251 g/mol. The normalized spacial score (nSPS) is 12.5. The summed E-state index contributed by atoms with van der Waals surface area (Å²) < 4.78 is 31.6. The molecule has 0 saturated carbocycles. The van der Waals surface area contributed by atoms with Crippen molar-refractivity contribution in [1.29, 1.82) is 0 Å². The van der Waals surface area contributed by atoms with Gasteiger partial charge in [-0.15, -0.1) is 0 Å². The maximum atomic E-state index is 13.1. The number of aryl methyl sites for hydroxylation is 2. The zero-order chi connectivity index (χ0) is 13.3. The minimum atomic E-state index is -0.593. The first-order valence-electron chi connectivity index (χ1n) is 5.75. The molecule has 0 amide bonds. The number of hydrogen-bond acceptors (Lipinski definition) is 2. The molecular weight excluding hydrogens is 236 g/mol. The fourth-order valence-corrected chi connectivity index (χ4v) is 2.05. The Morgan fingerprint density at radius 3 is 2.17 bits per heavy atom. The van der Waals surface area contributed by atoms with Crippen LogP contribution in [0.1, 0.15) is 30.0 Å². The summed E-state index contributed by atoms with van der Waals surface area (Å²) in [5, 5.41) is 3.05. The molecule has 2 rings (SSSR count). The highest BCUT2D eigenvalue weighted by Crippen LogP contribution is 2.25. The van der Waals surface area contributed by atoms with Gasteiger partial charge in [-0.1, -0.05) is 0 Å². The average Bonchev–Trinajstić information content (AvgIpc) is 2.56. The molecule has 96 valence electrons. The Hall–Kier alpha value is -1.84. The van der Waals surface area contributed by atoms with Crippen molar-refractivity contribution in [3.05, 3.63) is 53.0 Å². The van der Waals surface area contributed by atoms with Gasteiger partial charge in [-0.05, 0) is 39.0 Å². The molecule has 0 aliphatic heterocycles. The maximum Gasteiger partial charge on any atom is 0.128 e. The van der Waals surface area contributed by atoms with E-state index in [9.17, 15) is 8.78 Å². The van der Waals surface area contributed by atoms with E-state index in [1.165, 1.54) is 12.1 Å². The molecule has 0 bridgehead atoms. The van der Waals surface area contributed by atoms with E-state index in [0.717, 1.165) is 23.2 Å². The van der Waals surface area contributed by atoms with Crippen molar-refractivity contribution in [3.63, 3.8) is 0 Å². The lowest BCUT2D eigenvalue weighted by atomic mass is 10.1. The summed E-state index contributed by atoms with van der Waals surface area (Å²) in [5.41, 5.74) is 1.40. The van der Waals surface area contributed by atoms with E-state index in [0.29, 0.717) is 5.69 Å². The standard InChI is InChI=1S/C14H15F2NO/c1-8-4-14(10(3)18-8)9(2)17-13-6-11(15)5-12(16)7-13/h4-7,9,17H,1-3H3. The Kier molecular flexibility index (Phi) is 3.36. The van der Waals surface area contributed by atoms with Crippen LogP contribution in [0.5, 0.6) is 0 Å². The summed E-state index contributed by atoms with van der Waals surface area (Å²) in [7, 11) is 0. The predicted molar refractivity (Wildman–Crippen MR) is 66.6 cm³/mol. The Morgan fingerprint density at radius 1 is 1.06 bits per heavy atom. The molecule has 2 nitrogen and oxygen atoms in total. The van der Waals surface area contributed by atoms with Crippen molar-refractivity contribution in [1.82, 2.24) is 0 Å². The fraction of sp³-hybridized carbons (Fsp3) is 0.286. The number of rotatable bonds is 3. The summed E-state index contributed by atoms with van der Waals surface area (Å²) in [4.78, 5) is 0. The molecule has 1 aromatic heterocycles. The number of halogens is 2. The Morgan fingerprint density at radius 2 is 1.67 bits per heavy atom. The lowest BCUT2D eigenvalue weighted by Gasteiger charge is -2.14. The summed E-state index contributed by atoms with van der Waals surface area (Å²) in [6.45, 7) is 5.65. The number of hydrogen-bond donors (Lipinski definition) is 1. The minimum absolute atomic E-state index is 0.0800. The largest absolute Gasteiger partial charge is 0.466 e. The Bertz CT molecular complexity index is 543. The van der Waals surface area contributed by atoms with Crippen molar-refractivity contribution in [2.24, 2.45) is 0 Å². The fourth-order valence-electron chi connectivity index (χ4n) is 2.05. The van der Waals surface area contributed by atoms with E-state index in [2.05, 4.69) is 5.32 Å². The Labute approximate surface area is 105 Å². The highest BCUT2D eigenvalue weighted by Gasteiger charge is 2.13. The van der Waals surface area contributed by atoms with Crippen LogP contribution in [0.4, 0.5) is 14.5 Å². The molecule has 4 heteroatoms. The molecule has 0 radical (unpaired) electrons. The van der Waals surface area contributed by atoms with Gasteiger partial charge in [0.15, 0.2) is 0 Å². The van der Waals surface area contributed by atoms with Gasteiger partial charge < -0.3 is 9.73 Å². The van der Waals surface area contributed by atoms with Crippen LogP contribution < -0.4 is 5.32 Å². The van der Waals surface area contributed by atoms with Gasteiger partial charge >= 0.3 is 0 Å². The molecule has 0 fully saturated rings. The molecule has 1 aromatic carbocycles. The van der Waals surface area contributed by atoms with Gasteiger partial charge in [-0.25, -0.2) is 8.78 Å².